The van der Waals surface area contributed by atoms with Gasteiger partial charge in [0.25, 0.3) is 0 Å². The number of hydrogen-bond donors (Lipinski definition) is 1. The fourth-order valence-electron chi connectivity index (χ4n) is 2.40. The molecule has 0 aromatic carbocycles. The fourth-order valence-corrected chi connectivity index (χ4v) is 2.40. The molecule has 0 amide bonds. The van der Waals surface area contributed by atoms with E-state index in [9.17, 15) is 8.78 Å². The van der Waals surface area contributed by atoms with Gasteiger partial charge in [-0.3, -0.25) is 0 Å². The predicted octanol–water partition coefficient (Wildman–Crippen LogP) is 2.26. The lowest BCUT2D eigenvalue weighted by Crippen LogP contribution is -2.36. The van der Waals surface area contributed by atoms with E-state index in [4.69, 9.17) is 4.74 Å². The van der Waals surface area contributed by atoms with Crippen molar-refractivity contribution in [1.82, 2.24) is 4.98 Å². The van der Waals surface area contributed by atoms with E-state index >= 15 is 0 Å². The summed E-state index contributed by atoms with van der Waals surface area (Å²) in [6.45, 7) is 2.16. The molecule has 106 valence electrons. The molecular weight excluding hydrogens is 252 g/mol. The molecule has 1 fully saturated rings. The van der Waals surface area contributed by atoms with Crippen molar-refractivity contribution in [1.29, 1.82) is 0 Å². The van der Waals surface area contributed by atoms with Crippen LogP contribution in [0.25, 0.3) is 0 Å². The first-order valence-electron chi connectivity index (χ1n) is 6.43. The highest BCUT2D eigenvalue weighted by Gasteiger charge is 2.23. The van der Waals surface area contributed by atoms with Gasteiger partial charge in [0.05, 0.1) is 0 Å². The van der Waals surface area contributed by atoms with Crippen LogP contribution < -0.4 is 10.2 Å². The summed E-state index contributed by atoms with van der Waals surface area (Å²) >= 11 is 0. The maximum absolute atomic E-state index is 13.8. The normalized spacial score (nSPS) is 16.7. The van der Waals surface area contributed by atoms with Gasteiger partial charge in [0, 0.05) is 39.9 Å². The Labute approximate surface area is 111 Å². The average molecular weight is 271 g/mol. The Bertz CT molecular complexity index is 434. The zero-order valence-electron chi connectivity index (χ0n) is 11.2. The van der Waals surface area contributed by atoms with Crippen LogP contribution in [0.3, 0.4) is 0 Å². The Kier molecular flexibility index (Phi) is 4.52. The highest BCUT2D eigenvalue weighted by atomic mass is 19.1. The molecule has 1 N–H and O–H groups in total. The molecule has 0 unspecified atom stereocenters. The van der Waals surface area contributed by atoms with Crippen LogP contribution in [0, 0.1) is 17.6 Å². The highest BCUT2D eigenvalue weighted by Crippen LogP contribution is 2.26. The molecule has 1 aromatic rings. The molecule has 1 saturated heterocycles. The van der Waals surface area contributed by atoms with Crippen molar-refractivity contribution in [2.24, 2.45) is 5.92 Å². The van der Waals surface area contributed by atoms with Gasteiger partial charge >= 0.3 is 0 Å². The lowest BCUT2D eigenvalue weighted by molar-refractivity contribution is 0.139. The number of rotatable bonds is 4. The largest absolute Gasteiger partial charge is 0.384 e. The van der Waals surface area contributed by atoms with Gasteiger partial charge in [-0.1, -0.05) is 0 Å². The highest BCUT2D eigenvalue weighted by molar-refractivity contribution is 5.49. The van der Waals surface area contributed by atoms with Crippen LogP contribution in [0.15, 0.2) is 6.07 Å². The van der Waals surface area contributed by atoms with Crippen LogP contribution in [-0.2, 0) is 4.74 Å². The lowest BCUT2D eigenvalue weighted by atomic mass is 9.98. The van der Waals surface area contributed by atoms with Gasteiger partial charge in [0.15, 0.2) is 23.3 Å². The summed E-state index contributed by atoms with van der Waals surface area (Å²) in [4.78, 5) is 5.88. The maximum atomic E-state index is 13.8. The number of ether oxygens (including phenoxy) is 1. The van der Waals surface area contributed by atoms with E-state index in [0.29, 0.717) is 19.0 Å². The molecule has 2 heterocycles. The number of methoxy groups -OCH3 is 1. The number of pyridine rings is 1. The quantitative estimate of drug-likeness (QED) is 0.911. The first-order valence-corrected chi connectivity index (χ1v) is 6.43. The minimum atomic E-state index is -0.669. The number of nitrogens with one attached hydrogen (secondary N) is 1. The molecule has 1 aliphatic heterocycles. The van der Waals surface area contributed by atoms with Crippen LogP contribution in [-0.4, -0.2) is 38.8 Å². The molecular formula is C13H19F2N3O. The number of piperidine rings is 1. The molecule has 0 radical (unpaired) electrons. The molecule has 4 nitrogen and oxygen atoms in total. The number of halogens is 2. The Hall–Kier alpha value is -1.43. The third kappa shape index (κ3) is 3.12. The second-order valence-corrected chi connectivity index (χ2v) is 4.76. The van der Waals surface area contributed by atoms with Gasteiger partial charge in [-0.05, 0) is 18.8 Å². The molecule has 2 rings (SSSR count). The number of nitrogens with zero attached hydrogens (tertiary/aromatic N) is 2. The zero-order valence-corrected chi connectivity index (χ0v) is 11.2. The lowest BCUT2D eigenvalue weighted by Gasteiger charge is -2.32. The number of anilines is 2. The van der Waals surface area contributed by atoms with Crippen LogP contribution in [0.2, 0.25) is 0 Å². The standard InChI is InChI=1S/C13H19F2N3O/c1-16-12-10(14)7-11(15)13(17-12)18-5-3-9(4-6-18)8-19-2/h7,9H,3-6,8H2,1-2H3,(H,16,17). The average Bonchev–Trinajstić information content (AvgIpc) is 2.41. The fraction of sp³-hybridized carbons (Fsp3) is 0.615. The van der Waals surface area contributed by atoms with E-state index in [1.54, 1.807) is 14.2 Å². The van der Waals surface area contributed by atoms with E-state index in [-0.39, 0.29) is 11.6 Å². The van der Waals surface area contributed by atoms with Crippen molar-refractivity contribution < 1.29 is 13.5 Å². The number of hydrogen-bond acceptors (Lipinski definition) is 4. The van der Waals surface area contributed by atoms with Crippen LogP contribution in [0.5, 0.6) is 0 Å². The van der Waals surface area contributed by atoms with Crippen LogP contribution >= 0.6 is 0 Å². The van der Waals surface area contributed by atoms with Crippen molar-refractivity contribution in [2.45, 2.75) is 12.8 Å². The van der Waals surface area contributed by atoms with Crippen molar-refractivity contribution in [2.75, 3.05) is 44.1 Å². The predicted molar refractivity (Wildman–Crippen MR) is 70.5 cm³/mol. The molecule has 0 aliphatic carbocycles. The zero-order chi connectivity index (χ0) is 13.8. The van der Waals surface area contributed by atoms with Crippen molar-refractivity contribution in [3.05, 3.63) is 17.7 Å². The Morgan fingerprint density at radius 3 is 2.63 bits per heavy atom. The van der Waals surface area contributed by atoms with Gasteiger partial charge in [0.2, 0.25) is 0 Å². The SMILES string of the molecule is CNc1nc(N2CCC(COC)CC2)c(F)cc1F. The summed E-state index contributed by atoms with van der Waals surface area (Å²) in [5.41, 5.74) is 0. The van der Waals surface area contributed by atoms with Gasteiger partial charge in [0.1, 0.15) is 0 Å². The van der Waals surface area contributed by atoms with Crippen molar-refractivity contribution in [3.63, 3.8) is 0 Å². The molecule has 0 saturated carbocycles. The Morgan fingerprint density at radius 2 is 2.05 bits per heavy atom. The molecule has 1 aliphatic rings. The topological polar surface area (TPSA) is 37.4 Å². The van der Waals surface area contributed by atoms with E-state index in [1.165, 1.54) is 0 Å². The second kappa shape index (κ2) is 6.14. The monoisotopic (exact) mass is 271 g/mol. The molecule has 0 spiro atoms. The van der Waals surface area contributed by atoms with Gasteiger partial charge in [-0.15, -0.1) is 0 Å². The van der Waals surface area contributed by atoms with Crippen LogP contribution in [0.1, 0.15) is 12.8 Å². The second-order valence-electron chi connectivity index (χ2n) is 4.76. The van der Waals surface area contributed by atoms with E-state index in [1.807, 2.05) is 4.90 Å². The molecule has 0 bridgehead atoms. The third-order valence-electron chi connectivity index (χ3n) is 3.46. The van der Waals surface area contributed by atoms with E-state index in [2.05, 4.69) is 10.3 Å². The summed E-state index contributed by atoms with van der Waals surface area (Å²) in [5.74, 6) is -0.467. The van der Waals surface area contributed by atoms with Gasteiger partial charge < -0.3 is 15.0 Å². The maximum Gasteiger partial charge on any atom is 0.168 e. The van der Waals surface area contributed by atoms with Crippen molar-refractivity contribution in [3.8, 4) is 0 Å². The summed E-state index contributed by atoms with van der Waals surface area (Å²) < 4.78 is 32.3. The molecule has 19 heavy (non-hydrogen) atoms. The van der Waals surface area contributed by atoms with Gasteiger partial charge in [-0.25, -0.2) is 13.8 Å². The summed E-state index contributed by atoms with van der Waals surface area (Å²) in [7, 11) is 3.25. The third-order valence-corrected chi connectivity index (χ3v) is 3.46. The van der Waals surface area contributed by atoms with Gasteiger partial charge in [-0.2, -0.15) is 0 Å². The molecule has 6 heteroatoms. The van der Waals surface area contributed by atoms with Crippen LogP contribution in [0.4, 0.5) is 20.4 Å². The Morgan fingerprint density at radius 1 is 1.37 bits per heavy atom. The smallest absolute Gasteiger partial charge is 0.168 e. The minimum absolute atomic E-state index is 0.0791. The first-order chi connectivity index (χ1) is 9.15. The summed E-state index contributed by atoms with van der Waals surface area (Å²) in [6, 6.07) is 0.884. The number of aromatic nitrogens is 1. The van der Waals surface area contributed by atoms with Crippen molar-refractivity contribution >= 4 is 11.6 Å². The Balaban J connectivity index is 2.11. The van der Waals surface area contributed by atoms with E-state index in [0.717, 1.165) is 25.5 Å². The minimum Gasteiger partial charge on any atom is -0.384 e. The van der Waals surface area contributed by atoms with E-state index < -0.39 is 11.6 Å². The summed E-state index contributed by atoms with van der Waals surface area (Å²) in [6.07, 6.45) is 1.86. The molecule has 1 aromatic heterocycles. The first kappa shape index (κ1) is 14.0. The summed E-state index contributed by atoms with van der Waals surface area (Å²) in [5, 5.41) is 2.63. The molecule has 0 atom stereocenters.